The summed E-state index contributed by atoms with van der Waals surface area (Å²) in [5.41, 5.74) is 0. The van der Waals surface area contributed by atoms with Gasteiger partial charge in [0.1, 0.15) is 0 Å². The van der Waals surface area contributed by atoms with Crippen molar-refractivity contribution in [1.82, 2.24) is 4.90 Å². The highest BCUT2D eigenvalue weighted by Crippen LogP contribution is 2.23. The molecule has 0 aromatic rings. The number of rotatable bonds is 3. The lowest BCUT2D eigenvalue weighted by Gasteiger charge is -2.45. The van der Waals surface area contributed by atoms with Crippen LogP contribution < -0.4 is 0 Å². The highest BCUT2D eigenvalue weighted by Gasteiger charge is 2.31. The molecule has 0 aliphatic carbocycles. The molecule has 1 fully saturated rings. The van der Waals surface area contributed by atoms with Crippen LogP contribution in [0.3, 0.4) is 0 Å². The van der Waals surface area contributed by atoms with E-state index in [9.17, 15) is 0 Å². The van der Waals surface area contributed by atoms with Crippen LogP contribution in [0.1, 0.15) is 27.2 Å². The molecule has 0 saturated carbocycles. The molecule has 2 atom stereocenters. The topological polar surface area (TPSA) is 23.5 Å². The molecular weight excluding hydrogens is 138 g/mol. The Hall–Kier alpha value is -0.0800. The van der Waals surface area contributed by atoms with Gasteiger partial charge in [-0.1, -0.05) is 13.8 Å². The van der Waals surface area contributed by atoms with E-state index < -0.39 is 0 Å². The second kappa shape index (κ2) is 3.55. The normalized spacial score (nSPS) is 28.6. The third kappa shape index (κ3) is 1.74. The van der Waals surface area contributed by atoms with Crippen LogP contribution in [-0.4, -0.2) is 35.2 Å². The van der Waals surface area contributed by atoms with E-state index in [0.717, 1.165) is 0 Å². The van der Waals surface area contributed by atoms with Crippen molar-refractivity contribution in [3.8, 4) is 0 Å². The van der Waals surface area contributed by atoms with Crippen LogP contribution in [0, 0.1) is 5.92 Å². The summed E-state index contributed by atoms with van der Waals surface area (Å²) in [6.45, 7) is 8.05. The minimum absolute atomic E-state index is 0.308. The van der Waals surface area contributed by atoms with Gasteiger partial charge in [0.05, 0.1) is 6.61 Å². The SMILES string of the molecule is CC(C)C(CO)N1CCC1C. The summed E-state index contributed by atoms with van der Waals surface area (Å²) in [4.78, 5) is 2.39. The Labute approximate surface area is 69.2 Å². The molecule has 1 heterocycles. The molecule has 0 spiro atoms. The van der Waals surface area contributed by atoms with Gasteiger partial charge >= 0.3 is 0 Å². The summed E-state index contributed by atoms with van der Waals surface area (Å²) < 4.78 is 0. The van der Waals surface area contributed by atoms with E-state index in [-0.39, 0.29) is 0 Å². The molecule has 2 unspecified atom stereocenters. The molecule has 0 radical (unpaired) electrons. The molecule has 2 heteroatoms. The quantitative estimate of drug-likeness (QED) is 0.663. The minimum atomic E-state index is 0.308. The largest absolute Gasteiger partial charge is 0.395 e. The standard InChI is InChI=1S/C9H19NO/c1-7(2)9(6-11)10-5-4-8(10)3/h7-9,11H,4-6H2,1-3H3. The van der Waals surface area contributed by atoms with E-state index in [1.807, 2.05) is 0 Å². The van der Waals surface area contributed by atoms with Crippen molar-refractivity contribution in [2.45, 2.75) is 39.3 Å². The maximum Gasteiger partial charge on any atom is 0.0589 e. The molecule has 11 heavy (non-hydrogen) atoms. The predicted octanol–water partition coefficient (Wildman–Crippen LogP) is 1.10. The van der Waals surface area contributed by atoms with Crippen LogP contribution in [0.4, 0.5) is 0 Å². The first-order valence-corrected chi connectivity index (χ1v) is 4.53. The Kier molecular flexibility index (Phi) is 2.90. The molecule has 0 aromatic heterocycles. The fourth-order valence-electron chi connectivity index (χ4n) is 1.73. The lowest BCUT2D eigenvalue weighted by Crippen LogP contribution is -2.54. The first-order chi connectivity index (χ1) is 5.16. The lowest BCUT2D eigenvalue weighted by molar-refractivity contribution is 0.00106. The average molecular weight is 157 g/mol. The molecule has 0 aromatic carbocycles. The number of aliphatic hydroxyl groups is 1. The van der Waals surface area contributed by atoms with Gasteiger partial charge in [-0.05, 0) is 19.3 Å². The number of nitrogens with zero attached hydrogens (tertiary/aromatic N) is 1. The van der Waals surface area contributed by atoms with E-state index in [1.165, 1.54) is 13.0 Å². The predicted molar refractivity (Wildman–Crippen MR) is 46.5 cm³/mol. The van der Waals surface area contributed by atoms with E-state index in [4.69, 9.17) is 5.11 Å². The molecule has 1 rings (SSSR count). The molecule has 1 aliphatic rings. The van der Waals surface area contributed by atoms with E-state index in [0.29, 0.717) is 24.6 Å². The second-order valence-electron chi connectivity index (χ2n) is 3.87. The van der Waals surface area contributed by atoms with Gasteiger partial charge in [-0.2, -0.15) is 0 Å². The van der Waals surface area contributed by atoms with Crippen LogP contribution in [-0.2, 0) is 0 Å². The summed E-state index contributed by atoms with van der Waals surface area (Å²) in [6, 6.07) is 1.08. The van der Waals surface area contributed by atoms with E-state index in [2.05, 4.69) is 25.7 Å². The Morgan fingerprint density at radius 1 is 1.55 bits per heavy atom. The van der Waals surface area contributed by atoms with Crippen LogP contribution >= 0.6 is 0 Å². The molecule has 0 bridgehead atoms. The summed E-state index contributed by atoms with van der Waals surface area (Å²) in [6.07, 6.45) is 1.29. The number of hydrogen-bond donors (Lipinski definition) is 1. The highest BCUT2D eigenvalue weighted by molar-refractivity contribution is 4.86. The summed E-state index contributed by atoms with van der Waals surface area (Å²) in [7, 11) is 0. The highest BCUT2D eigenvalue weighted by atomic mass is 16.3. The van der Waals surface area contributed by atoms with Crippen molar-refractivity contribution >= 4 is 0 Å². The van der Waals surface area contributed by atoms with Crippen LogP contribution in [0.5, 0.6) is 0 Å². The van der Waals surface area contributed by atoms with E-state index in [1.54, 1.807) is 0 Å². The third-order valence-corrected chi connectivity index (χ3v) is 2.75. The number of likely N-dealkylation sites (tertiary alicyclic amines) is 1. The van der Waals surface area contributed by atoms with Crippen molar-refractivity contribution in [3.05, 3.63) is 0 Å². The zero-order valence-corrected chi connectivity index (χ0v) is 7.75. The molecule has 66 valence electrons. The minimum Gasteiger partial charge on any atom is -0.395 e. The summed E-state index contributed by atoms with van der Waals surface area (Å²) in [5, 5.41) is 9.11. The van der Waals surface area contributed by atoms with Crippen molar-refractivity contribution in [2.24, 2.45) is 5.92 Å². The number of hydrogen-bond acceptors (Lipinski definition) is 2. The molecule has 1 aliphatic heterocycles. The van der Waals surface area contributed by atoms with Gasteiger partial charge in [0.15, 0.2) is 0 Å². The lowest BCUT2D eigenvalue weighted by atomic mass is 9.95. The third-order valence-electron chi connectivity index (χ3n) is 2.75. The van der Waals surface area contributed by atoms with E-state index >= 15 is 0 Å². The second-order valence-corrected chi connectivity index (χ2v) is 3.87. The van der Waals surface area contributed by atoms with Gasteiger partial charge in [-0.3, -0.25) is 4.90 Å². The zero-order chi connectivity index (χ0) is 8.43. The van der Waals surface area contributed by atoms with Gasteiger partial charge in [-0.25, -0.2) is 0 Å². The Balaban J connectivity index is 2.41. The smallest absolute Gasteiger partial charge is 0.0589 e. The Bertz CT molecular complexity index is 125. The molecule has 1 saturated heterocycles. The van der Waals surface area contributed by atoms with Gasteiger partial charge in [0, 0.05) is 18.6 Å². The van der Waals surface area contributed by atoms with Crippen molar-refractivity contribution < 1.29 is 5.11 Å². The summed E-state index contributed by atoms with van der Waals surface area (Å²) in [5.74, 6) is 0.572. The van der Waals surface area contributed by atoms with Crippen LogP contribution in [0.25, 0.3) is 0 Å². The zero-order valence-electron chi connectivity index (χ0n) is 7.75. The van der Waals surface area contributed by atoms with Gasteiger partial charge in [-0.15, -0.1) is 0 Å². The van der Waals surface area contributed by atoms with Gasteiger partial charge in [0.2, 0.25) is 0 Å². The maximum absolute atomic E-state index is 9.11. The summed E-state index contributed by atoms with van der Waals surface area (Å²) >= 11 is 0. The molecule has 2 nitrogen and oxygen atoms in total. The molecule has 1 N–H and O–H groups in total. The fourth-order valence-corrected chi connectivity index (χ4v) is 1.73. The first kappa shape index (κ1) is 9.01. The Morgan fingerprint density at radius 3 is 2.27 bits per heavy atom. The Morgan fingerprint density at radius 2 is 2.18 bits per heavy atom. The van der Waals surface area contributed by atoms with Crippen molar-refractivity contribution in [1.29, 1.82) is 0 Å². The molecular formula is C9H19NO. The van der Waals surface area contributed by atoms with Gasteiger partial charge < -0.3 is 5.11 Å². The van der Waals surface area contributed by atoms with Crippen molar-refractivity contribution in [2.75, 3.05) is 13.2 Å². The monoisotopic (exact) mass is 157 g/mol. The number of aliphatic hydroxyl groups excluding tert-OH is 1. The maximum atomic E-state index is 9.11. The van der Waals surface area contributed by atoms with Crippen LogP contribution in [0.15, 0.2) is 0 Å². The first-order valence-electron chi connectivity index (χ1n) is 4.53. The van der Waals surface area contributed by atoms with Crippen LogP contribution in [0.2, 0.25) is 0 Å². The van der Waals surface area contributed by atoms with Gasteiger partial charge in [0.25, 0.3) is 0 Å². The fraction of sp³-hybridized carbons (Fsp3) is 1.00. The van der Waals surface area contributed by atoms with Crippen molar-refractivity contribution in [3.63, 3.8) is 0 Å². The molecule has 0 amide bonds. The average Bonchev–Trinajstić information content (AvgIpc) is 1.96.